The summed E-state index contributed by atoms with van der Waals surface area (Å²) in [5.41, 5.74) is 0. The number of carbonyl (C=O) groups is 2. The Morgan fingerprint density at radius 1 is 1.10 bits per heavy atom. The third-order valence-electron chi connectivity index (χ3n) is 6.29. The van der Waals surface area contributed by atoms with Gasteiger partial charge >= 0.3 is 0 Å². The van der Waals surface area contributed by atoms with Gasteiger partial charge in [-0.2, -0.15) is 0 Å². The zero-order valence-corrected chi connectivity index (χ0v) is 12.2. The van der Waals surface area contributed by atoms with Gasteiger partial charge < -0.3 is 10.2 Å². The maximum absolute atomic E-state index is 13.0. The fourth-order valence-electron chi connectivity index (χ4n) is 5.60. The molecule has 1 unspecified atom stereocenters. The van der Waals surface area contributed by atoms with Gasteiger partial charge in [0.05, 0.1) is 0 Å². The lowest BCUT2D eigenvalue weighted by Crippen LogP contribution is -2.60. The van der Waals surface area contributed by atoms with Gasteiger partial charge in [-0.3, -0.25) is 9.59 Å². The van der Waals surface area contributed by atoms with Crippen molar-refractivity contribution >= 4 is 11.8 Å². The lowest BCUT2D eigenvalue weighted by atomic mass is 9.51. The fraction of sp³-hybridized carbons (Fsp3) is 0.875. The molecule has 4 heteroatoms. The van der Waals surface area contributed by atoms with Gasteiger partial charge in [0.1, 0.15) is 6.04 Å². The maximum Gasteiger partial charge on any atom is 0.242 e. The zero-order valence-electron chi connectivity index (χ0n) is 12.2. The summed E-state index contributed by atoms with van der Waals surface area (Å²) in [6.07, 6.45) is 6.46. The quantitative estimate of drug-likeness (QED) is 0.787. The standard InChI is InChI=1S/C16H24N2O2/c1-9-15(19)17-2-3-18(9)16(20)14-12-5-10-4-11(7-12)8-13(14)6-10/h9-14H,2-8H2,1H3,(H,17,19). The number of hydrogen-bond acceptors (Lipinski definition) is 2. The molecule has 0 aromatic heterocycles. The third-order valence-corrected chi connectivity index (χ3v) is 6.29. The van der Waals surface area contributed by atoms with Crippen LogP contribution in [0.15, 0.2) is 0 Å². The largest absolute Gasteiger partial charge is 0.353 e. The molecule has 4 bridgehead atoms. The van der Waals surface area contributed by atoms with Crippen molar-refractivity contribution in [2.45, 2.75) is 45.1 Å². The Morgan fingerprint density at radius 2 is 1.70 bits per heavy atom. The molecule has 1 aliphatic heterocycles. The van der Waals surface area contributed by atoms with Crippen LogP contribution in [0.3, 0.4) is 0 Å². The van der Waals surface area contributed by atoms with E-state index in [2.05, 4.69) is 5.32 Å². The Morgan fingerprint density at radius 3 is 2.30 bits per heavy atom. The van der Waals surface area contributed by atoms with Crippen LogP contribution in [0.2, 0.25) is 0 Å². The van der Waals surface area contributed by atoms with Crippen LogP contribution in [0.25, 0.3) is 0 Å². The minimum absolute atomic E-state index is 0.00779. The van der Waals surface area contributed by atoms with Crippen LogP contribution in [0.1, 0.15) is 39.0 Å². The van der Waals surface area contributed by atoms with Crippen LogP contribution in [0, 0.1) is 29.6 Å². The fourth-order valence-corrected chi connectivity index (χ4v) is 5.60. The van der Waals surface area contributed by atoms with Crippen LogP contribution in [0.5, 0.6) is 0 Å². The molecule has 110 valence electrons. The summed E-state index contributed by atoms with van der Waals surface area (Å²) < 4.78 is 0. The SMILES string of the molecule is CC1C(=O)NCCN1C(=O)C1C2CC3CC(C2)CC1C3. The summed E-state index contributed by atoms with van der Waals surface area (Å²) in [7, 11) is 0. The number of amides is 2. The van der Waals surface area contributed by atoms with Crippen molar-refractivity contribution in [1.29, 1.82) is 0 Å². The Balaban J connectivity index is 1.55. The van der Waals surface area contributed by atoms with Crippen LogP contribution in [0.4, 0.5) is 0 Å². The van der Waals surface area contributed by atoms with Crippen molar-refractivity contribution in [3.8, 4) is 0 Å². The van der Waals surface area contributed by atoms with E-state index < -0.39 is 0 Å². The maximum atomic E-state index is 13.0. The molecule has 4 nitrogen and oxygen atoms in total. The molecule has 5 aliphatic rings. The van der Waals surface area contributed by atoms with Crippen LogP contribution in [-0.2, 0) is 9.59 Å². The highest BCUT2D eigenvalue weighted by atomic mass is 16.2. The van der Waals surface area contributed by atoms with E-state index in [1.807, 2.05) is 11.8 Å². The monoisotopic (exact) mass is 276 g/mol. The normalized spacial score (nSPS) is 46.5. The molecule has 5 rings (SSSR count). The van der Waals surface area contributed by atoms with Crippen molar-refractivity contribution in [2.75, 3.05) is 13.1 Å². The highest BCUT2D eigenvalue weighted by Gasteiger charge is 2.52. The van der Waals surface area contributed by atoms with Crippen molar-refractivity contribution in [3.05, 3.63) is 0 Å². The van der Waals surface area contributed by atoms with E-state index >= 15 is 0 Å². The van der Waals surface area contributed by atoms with Gasteiger partial charge in [-0.05, 0) is 62.7 Å². The average Bonchev–Trinajstić information content (AvgIpc) is 2.40. The highest BCUT2D eigenvalue weighted by Crippen LogP contribution is 2.56. The summed E-state index contributed by atoms with van der Waals surface area (Å²) in [5.74, 6) is 3.50. The molecule has 1 atom stereocenters. The van der Waals surface area contributed by atoms with E-state index in [9.17, 15) is 9.59 Å². The van der Waals surface area contributed by atoms with E-state index in [0.29, 0.717) is 24.9 Å². The minimum atomic E-state index is -0.284. The van der Waals surface area contributed by atoms with E-state index in [1.165, 1.54) is 32.1 Å². The molecule has 1 heterocycles. The predicted molar refractivity (Wildman–Crippen MR) is 74.7 cm³/mol. The van der Waals surface area contributed by atoms with Gasteiger partial charge in [0.15, 0.2) is 0 Å². The summed E-state index contributed by atoms with van der Waals surface area (Å²) in [6.45, 7) is 3.17. The first-order valence-electron chi connectivity index (χ1n) is 8.21. The Bertz CT molecular complexity index is 420. The van der Waals surface area contributed by atoms with Crippen molar-refractivity contribution in [3.63, 3.8) is 0 Å². The third kappa shape index (κ3) is 1.80. The predicted octanol–water partition coefficient (Wildman–Crippen LogP) is 1.41. The molecule has 5 fully saturated rings. The van der Waals surface area contributed by atoms with Gasteiger partial charge in [0.25, 0.3) is 0 Å². The molecule has 0 aromatic rings. The molecule has 20 heavy (non-hydrogen) atoms. The Labute approximate surface area is 120 Å². The molecular weight excluding hydrogens is 252 g/mol. The first kappa shape index (κ1) is 12.7. The van der Waals surface area contributed by atoms with Gasteiger partial charge in [-0.25, -0.2) is 0 Å². The molecule has 0 spiro atoms. The first-order valence-corrected chi connectivity index (χ1v) is 8.21. The van der Waals surface area contributed by atoms with Gasteiger partial charge in [-0.1, -0.05) is 0 Å². The lowest BCUT2D eigenvalue weighted by molar-refractivity contribution is -0.156. The zero-order chi connectivity index (χ0) is 13.9. The Kier molecular flexibility index (Phi) is 2.83. The number of nitrogens with zero attached hydrogens (tertiary/aromatic N) is 1. The molecule has 1 N–H and O–H groups in total. The topological polar surface area (TPSA) is 49.4 Å². The number of nitrogens with one attached hydrogen (secondary N) is 1. The molecule has 4 saturated carbocycles. The minimum Gasteiger partial charge on any atom is -0.353 e. The van der Waals surface area contributed by atoms with Crippen LogP contribution < -0.4 is 5.32 Å². The second-order valence-electron chi connectivity index (χ2n) is 7.46. The molecule has 2 amide bonds. The second kappa shape index (κ2) is 4.47. The highest BCUT2D eigenvalue weighted by molar-refractivity contribution is 5.89. The van der Waals surface area contributed by atoms with Crippen molar-refractivity contribution in [2.24, 2.45) is 29.6 Å². The lowest BCUT2D eigenvalue weighted by Gasteiger charge is -2.54. The molecule has 1 saturated heterocycles. The summed E-state index contributed by atoms with van der Waals surface area (Å²) in [5, 5.41) is 2.85. The number of hydrogen-bond donors (Lipinski definition) is 1. The van der Waals surface area contributed by atoms with E-state index in [-0.39, 0.29) is 23.8 Å². The van der Waals surface area contributed by atoms with E-state index in [4.69, 9.17) is 0 Å². The van der Waals surface area contributed by atoms with Gasteiger partial charge in [-0.15, -0.1) is 0 Å². The molecule has 4 aliphatic carbocycles. The summed E-state index contributed by atoms with van der Waals surface area (Å²) in [4.78, 5) is 26.6. The molecular formula is C16H24N2O2. The molecule has 0 radical (unpaired) electrons. The second-order valence-corrected chi connectivity index (χ2v) is 7.46. The van der Waals surface area contributed by atoms with Crippen molar-refractivity contribution in [1.82, 2.24) is 10.2 Å². The Hall–Kier alpha value is -1.06. The van der Waals surface area contributed by atoms with Crippen LogP contribution >= 0.6 is 0 Å². The number of carbonyl (C=O) groups excluding carboxylic acids is 2. The molecule has 0 aromatic carbocycles. The average molecular weight is 276 g/mol. The van der Waals surface area contributed by atoms with Gasteiger partial charge in [0.2, 0.25) is 11.8 Å². The van der Waals surface area contributed by atoms with Gasteiger partial charge in [0, 0.05) is 19.0 Å². The summed E-state index contributed by atoms with van der Waals surface area (Å²) >= 11 is 0. The number of rotatable bonds is 1. The number of piperazine rings is 1. The van der Waals surface area contributed by atoms with Crippen LogP contribution in [-0.4, -0.2) is 35.8 Å². The summed E-state index contributed by atoms with van der Waals surface area (Å²) in [6, 6.07) is -0.284. The van der Waals surface area contributed by atoms with E-state index in [0.717, 1.165) is 11.8 Å². The van der Waals surface area contributed by atoms with Crippen molar-refractivity contribution < 1.29 is 9.59 Å². The first-order chi connectivity index (χ1) is 9.63. The van der Waals surface area contributed by atoms with E-state index in [1.54, 1.807) is 0 Å². The smallest absolute Gasteiger partial charge is 0.242 e.